The van der Waals surface area contributed by atoms with Gasteiger partial charge in [-0.25, -0.2) is 0 Å². The van der Waals surface area contributed by atoms with E-state index in [9.17, 15) is 27.9 Å². The molecule has 2 heterocycles. The number of aliphatic carboxylic acids is 1. The topological polar surface area (TPSA) is 78.5 Å². The molecule has 5 nitrogen and oxygen atoms in total. The summed E-state index contributed by atoms with van der Waals surface area (Å²) in [5.74, 6) is -4.55. The van der Waals surface area contributed by atoms with Crippen molar-refractivity contribution in [3.63, 3.8) is 0 Å². The molecule has 128 valence electrons. The summed E-state index contributed by atoms with van der Waals surface area (Å²) in [6, 6.07) is 2.48. The Balaban J connectivity index is 1.85. The van der Waals surface area contributed by atoms with Crippen LogP contribution in [0.2, 0.25) is 5.02 Å². The maximum absolute atomic E-state index is 12.8. The lowest BCUT2D eigenvalue weighted by molar-refractivity contribution is -0.313. The van der Waals surface area contributed by atoms with Crippen molar-refractivity contribution < 1.29 is 32.6 Å². The number of anilines is 1. The number of carboxylic acid groups (broad SMARTS) is 1. The van der Waals surface area contributed by atoms with E-state index in [2.05, 4.69) is 5.32 Å². The summed E-state index contributed by atoms with van der Waals surface area (Å²) >= 11 is 5.82. The van der Waals surface area contributed by atoms with Crippen LogP contribution in [0.25, 0.3) is 0 Å². The van der Waals surface area contributed by atoms with Crippen molar-refractivity contribution >= 4 is 29.2 Å². The Morgan fingerprint density at radius 1 is 1.17 bits per heavy atom. The van der Waals surface area contributed by atoms with Gasteiger partial charge in [-0.1, -0.05) is 23.8 Å². The Morgan fingerprint density at radius 3 is 2.38 bits per heavy atom. The molecule has 1 amide bonds. The molecule has 2 aliphatic heterocycles. The quantitative estimate of drug-likeness (QED) is 0.831. The highest BCUT2D eigenvalue weighted by atomic mass is 35.5. The van der Waals surface area contributed by atoms with Crippen molar-refractivity contribution in [2.24, 2.45) is 11.8 Å². The summed E-state index contributed by atoms with van der Waals surface area (Å²) in [7, 11) is 0. The number of fused-ring (bicyclic) bond motifs is 2. The fraction of sp³-hybridized carbons (Fsp3) is 0.333. The van der Waals surface area contributed by atoms with Crippen LogP contribution < -0.4 is 10.4 Å². The molecule has 0 aromatic heterocycles. The standard InChI is InChI=1S/C15H11ClF3NO4/c16-7-2-1-6(15(17,18)19)5-8(7)20-13(21)11-9-3-4-10(24-9)12(11)14(22)23/h1-5,9-12H,(H,20,21)(H,22,23)/p-1/t9-,10+,11+,12-/m0/s1. The number of carbonyl (C=O) groups is 2. The first kappa shape index (κ1) is 16.8. The average molecular weight is 361 g/mol. The van der Waals surface area contributed by atoms with Crippen molar-refractivity contribution in [3.05, 3.63) is 40.9 Å². The van der Waals surface area contributed by atoms with Gasteiger partial charge in [0.1, 0.15) is 0 Å². The van der Waals surface area contributed by atoms with Gasteiger partial charge in [0, 0.05) is 11.9 Å². The van der Waals surface area contributed by atoms with Crippen LogP contribution in [-0.4, -0.2) is 24.1 Å². The first-order valence-electron chi connectivity index (χ1n) is 6.91. The maximum atomic E-state index is 12.8. The van der Waals surface area contributed by atoms with Gasteiger partial charge in [0.2, 0.25) is 5.91 Å². The van der Waals surface area contributed by atoms with Gasteiger partial charge in [0.15, 0.2) is 0 Å². The van der Waals surface area contributed by atoms with Crippen molar-refractivity contribution in [1.82, 2.24) is 0 Å². The summed E-state index contributed by atoms with van der Waals surface area (Å²) in [6.45, 7) is 0. The molecule has 2 bridgehead atoms. The van der Waals surface area contributed by atoms with Crippen LogP contribution in [0.15, 0.2) is 30.4 Å². The van der Waals surface area contributed by atoms with E-state index in [4.69, 9.17) is 16.3 Å². The minimum atomic E-state index is -4.60. The molecule has 0 spiro atoms. The number of nitrogens with one attached hydrogen (secondary N) is 1. The fourth-order valence-electron chi connectivity index (χ4n) is 2.92. The SMILES string of the molecule is O=C([O-])[C@@H]1[C@H](C(=O)Nc2cc(C(F)(F)F)ccc2Cl)[C@@H]2C=C[C@H]1O2. The summed E-state index contributed by atoms with van der Waals surface area (Å²) in [5, 5.41) is 13.4. The third-order valence-electron chi connectivity index (χ3n) is 4.03. The number of amides is 1. The van der Waals surface area contributed by atoms with Gasteiger partial charge in [-0.3, -0.25) is 4.79 Å². The van der Waals surface area contributed by atoms with Crippen molar-refractivity contribution in [1.29, 1.82) is 0 Å². The van der Waals surface area contributed by atoms with Gasteiger partial charge in [0.25, 0.3) is 0 Å². The first-order valence-corrected chi connectivity index (χ1v) is 7.28. The van der Waals surface area contributed by atoms with Gasteiger partial charge in [-0.15, -0.1) is 0 Å². The molecular weight excluding hydrogens is 351 g/mol. The van der Waals surface area contributed by atoms with E-state index < -0.39 is 47.7 Å². The molecule has 0 saturated carbocycles. The number of carboxylic acids is 1. The number of carbonyl (C=O) groups excluding carboxylic acids is 2. The minimum absolute atomic E-state index is 0.0963. The lowest BCUT2D eigenvalue weighted by Crippen LogP contribution is -2.45. The number of benzene rings is 1. The van der Waals surface area contributed by atoms with Crippen LogP contribution in [0.5, 0.6) is 0 Å². The van der Waals surface area contributed by atoms with Crippen LogP contribution in [0, 0.1) is 11.8 Å². The van der Waals surface area contributed by atoms with E-state index in [1.165, 1.54) is 6.08 Å². The lowest BCUT2D eigenvalue weighted by atomic mass is 9.82. The van der Waals surface area contributed by atoms with Crippen LogP contribution in [0.3, 0.4) is 0 Å². The van der Waals surface area contributed by atoms with Crippen molar-refractivity contribution in [3.8, 4) is 0 Å². The molecule has 1 N–H and O–H groups in total. The van der Waals surface area contributed by atoms with Gasteiger partial charge in [-0.05, 0) is 18.2 Å². The van der Waals surface area contributed by atoms with Crippen molar-refractivity contribution in [2.75, 3.05) is 5.32 Å². The number of halogens is 4. The Hall–Kier alpha value is -2.06. The molecule has 3 rings (SSSR count). The molecule has 1 aromatic carbocycles. The van der Waals surface area contributed by atoms with Crippen LogP contribution in [0.1, 0.15) is 5.56 Å². The highest BCUT2D eigenvalue weighted by Crippen LogP contribution is 2.40. The highest BCUT2D eigenvalue weighted by Gasteiger charge is 2.50. The molecule has 0 aliphatic carbocycles. The zero-order valence-electron chi connectivity index (χ0n) is 11.8. The zero-order valence-corrected chi connectivity index (χ0v) is 12.6. The number of hydrogen-bond donors (Lipinski definition) is 1. The summed E-state index contributed by atoms with van der Waals surface area (Å²) in [4.78, 5) is 23.6. The van der Waals surface area contributed by atoms with E-state index >= 15 is 0 Å². The van der Waals surface area contributed by atoms with Gasteiger partial charge < -0.3 is 20.0 Å². The Labute approximate surface area is 139 Å². The lowest BCUT2D eigenvalue weighted by Gasteiger charge is -2.25. The van der Waals surface area contributed by atoms with Gasteiger partial charge in [0.05, 0.1) is 34.4 Å². The third kappa shape index (κ3) is 2.87. The maximum Gasteiger partial charge on any atom is 0.416 e. The average Bonchev–Trinajstić information content (AvgIpc) is 3.08. The molecule has 1 aromatic rings. The van der Waals surface area contributed by atoms with E-state index in [1.807, 2.05) is 0 Å². The van der Waals surface area contributed by atoms with E-state index in [0.717, 1.165) is 12.1 Å². The second kappa shape index (κ2) is 5.78. The molecule has 0 radical (unpaired) electrons. The summed E-state index contributed by atoms with van der Waals surface area (Å²) < 4.78 is 43.6. The van der Waals surface area contributed by atoms with Gasteiger partial charge in [-0.2, -0.15) is 13.2 Å². The van der Waals surface area contributed by atoms with Crippen LogP contribution >= 0.6 is 11.6 Å². The number of rotatable bonds is 3. The fourth-order valence-corrected chi connectivity index (χ4v) is 3.08. The zero-order chi connectivity index (χ0) is 17.6. The van der Waals surface area contributed by atoms with Crippen LogP contribution in [0.4, 0.5) is 18.9 Å². The Morgan fingerprint density at radius 2 is 1.79 bits per heavy atom. The van der Waals surface area contributed by atoms with E-state index in [0.29, 0.717) is 6.07 Å². The Bertz CT molecular complexity index is 734. The molecule has 2 aliphatic rings. The minimum Gasteiger partial charge on any atom is -0.550 e. The highest BCUT2D eigenvalue weighted by molar-refractivity contribution is 6.33. The normalized spacial score (nSPS) is 28.2. The van der Waals surface area contributed by atoms with E-state index in [-0.39, 0.29) is 10.7 Å². The third-order valence-corrected chi connectivity index (χ3v) is 4.36. The van der Waals surface area contributed by atoms with E-state index in [1.54, 1.807) is 6.08 Å². The summed E-state index contributed by atoms with van der Waals surface area (Å²) in [5.41, 5.74) is -1.23. The monoisotopic (exact) mass is 360 g/mol. The molecule has 4 atom stereocenters. The first-order chi connectivity index (χ1) is 11.2. The molecule has 1 fully saturated rings. The second-order valence-electron chi connectivity index (χ2n) is 5.50. The molecular formula is C15H10ClF3NO4-. The van der Waals surface area contributed by atoms with Crippen LogP contribution in [-0.2, 0) is 20.5 Å². The number of hydrogen-bond acceptors (Lipinski definition) is 4. The predicted molar refractivity (Wildman–Crippen MR) is 74.9 cm³/mol. The number of ether oxygens (including phenoxy) is 1. The molecule has 9 heteroatoms. The summed E-state index contributed by atoms with van der Waals surface area (Å²) in [6.07, 6.45) is -3.08. The molecule has 1 saturated heterocycles. The number of alkyl halides is 3. The second-order valence-corrected chi connectivity index (χ2v) is 5.91. The predicted octanol–water partition coefficient (Wildman–Crippen LogP) is 1.62. The molecule has 0 unspecified atom stereocenters. The van der Waals surface area contributed by atoms with Crippen molar-refractivity contribution in [2.45, 2.75) is 18.4 Å². The van der Waals surface area contributed by atoms with Gasteiger partial charge >= 0.3 is 6.18 Å². The largest absolute Gasteiger partial charge is 0.550 e. The Kier molecular flexibility index (Phi) is 4.05. The smallest absolute Gasteiger partial charge is 0.416 e. The molecule has 24 heavy (non-hydrogen) atoms.